The van der Waals surface area contributed by atoms with Gasteiger partial charge in [-0.3, -0.25) is 15.0 Å². The summed E-state index contributed by atoms with van der Waals surface area (Å²) in [5.41, 5.74) is 5.49. The van der Waals surface area contributed by atoms with Gasteiger partial charge in [-0.05, 0) is 78.3 Å². The molecule has 5 nitrogen and oxygen atoms in total. The Morgan fingerprint density at radius 2 is 1.88 bits per heavy atom. The molecule has 0 atom stereocenters. The average Bonchev–Trinajstić information content (AvgIpc) is 3.06. The van der Waals surface area contributed by atoms with Crippen LogP contribution in [0.3, 0.4) is 0 Å². The lowest BCUT2D eigenvalue weighted by molar-refractivity contribution is -0.123. The van der Waals surface area contributed by atoms with Crippen LogP contribution >= 0.6 is 47.2 Å². The Balaban J connectivity index is 1.44. The molecule has 1 heterocycles. The molecular weight excluding hydrogens is 511 g/mol. The van der Waals surface area contributed by atoms with E-state index in [0.717, 1.165) is 33.5 Å². The highest BCUT2D eigenvalue weighted by molar-refractivity contribution is 8.26. The van der Waals surface area contributed by atoms with E-state index in [0.29, 0.717) is 27.3 Å². The summed E-state index contributed by atoms with van der Waals surface area (Å²) in [5, 5.41) is 2.03. The smallest absolute Gasteiger partial charge is 0.285 e. The van der Waals surface area contributed by atoms with Crippen molar-refractivity contribution in [2.24, 2.45) is 0 Å². The van der Waals surface area contributed by atoms with Gasteiger partial charge in [0.25, 0.3) is 11.8 Å². The third-order valence-electron chi connectivity index (χ3n) is 4.85. The van der Waals surface area contributed by atoms with Crippen LogP contribution in [0, 0.1) is 6.92 Å². The molecule has 0 spiro atoms. The Hall–Kier alpha value is -2.84. The largest absolute Gasteiger partial charge is 0.489 e. The number of thioether (sulfide) groups is 1. The topological polar surface area (TPSA) is 58.6 Å². The van der Waals surface area contributed by atoms with Crippen LogP contribution in [-0.4, -0.2) is 21.1 Å². The van der Waals surface area contributed by atoms with Crippen LogP contribution in [-0.2, 0) is 11.4 Å². The van der Waals surface area contributed by atoms with Gasteiger partial charge in [-0.25, -0.2) is 0 Å². The summed E-state index contributed by atoms with van der Waals surface area (Å²) in [7, 11) is 0. The SMILES string of the molecule is Cc1ccc(C(=O)NN2C(=O)/C(=C\c3cccc(OCc4ccc(Cl)cc4)c3)SC2=S)c(Cl)c1. The first-order valence-electron chi connectivity index (χ1n) is 10.1. The fourth-order valence-electron chi connectivity index (χ4n) is 3.12. The number of benzene rings is 3. The fourth-order valence-corrected chi connectivity index (χ4v) is 4.75. The minimum atomic E-state index is -0.514. The van der Waals surface area contributed by atoms with Crippen molar-refractivity contribution in [2.45, 2.75) is 13.5 Å². The summed E-state index contributed by atoms with van der Waals surface area (Å²) in [6.45, 7) is 2.26. The van der Waals surface area contributed by atoms with Gasteiger partial charge in [-0.1, -0.05) is 65.3 Å². The van der Waals surface area contributed by atoms with E-state index in [9.17, 15) is 9.59 Å². The molecule has 0 radical (unpaired) electrons. The quantitative estimate of drug-likeness (QED) is 0.295. The Morgan fingerprint density at radius 1 is 1.12 bits per heavy atom. The fraction of sp³-hybridized carbons (Fsp3) is 0.0800. The number of aryl methyl sites for hydroxylation is 1. The normalized spacial score (nSPS) is 14.6. The van der Waals surface area contributed by atoms with Crippen molar-refractivity contribution in [2.75, 3.05) is 0 Å². The van der Waals surface area contributed by atoms with Crippen molar-refractivity contribution in [1.82, 2.24) is 10.4 Å². The van der Waals surface area contributed by atoms with E-state index in [2.05, 4.69) is 5.43 Å². The second-order valence-corrected chi connectivity index (χ2v) is 9.95. The van der Waals surface area contributed by atoms with Gasteiger partial charge in [-0.15, -0.1) is 0 Å². The zero-order valence-electron chi connectivity index (χ0n) is 17.9. The lowest BCUT2D eigenvalue weighted by atomic mass is 10.1. The predicted octanol–water partition coefficient (Wildman–Crippen LogP) is 6.43. The molecule has 0 unspecified atom stereocenters. The molecule has 0 aliphatic carbocycles. The molecule has 1 N–H and O–H groups in total. The number of nitrogens with zero attached hydrogens (tertiary/aromatic N) is 1. The number of carbonyl (C=O) groups is 2. The van der Waals surface area contributed by atoms with E-state index in [1.165, 1.54) is 0 Å². The maximum Gasteiger partial charge on any atom is 0.285 e. The van der Waals surface area contributed by atoms with Crippen molar-refractivity contribution in [3.8, 4) is 5.75 Å². The maximum absolute atomic E-state index is 12.9. The Morgan fingerprint density at radius 3 is 2.62 bits per heavy atom. The number of halogens is 2. The summed E-state index contributed by atoms with van der Waals surface area (Å²) in [5.74, 6) is -0.277. The molecule has 172 valence electrons. The van der Waals surface area contributed by atoms with E-state index < -0.39 is 11.8 Å². The molecular formula is C25H18Cl2N2O3S2. The zero-order chi connectivity index (χ0) is 24.2. The van der Waals surface area contributed by atoms with Gasteiger partial charge < -0.3 is 4.74 Å². The highest BCUT2D eigenvalue weighted by Gasteiger charge is 2.34. The Labute approximate surface area is 216 Å². The molecule has 2 amide bonds. The maximum atomic E-state index is 12.9. The second kappa shape index (κ2) is 10.6. The van der Waals surface area contributed by atoms with Crippen molar-refractivity contribution in [3.63, 3.8) is 0 Å². The van der Waals surface area contributed by atoms with Crippen LogP contribution in [0.25, 0.3) is 6.08 Å². The number of hydrazine groups is 1. The first-order chi connectivity index (χ1) is 16.3. The van der Waals surface area contributed by atoms with Crippen molar-refractivity contribution < 1.29 is 14.3 Å². The summed E-state index contributed by atoms with van der Waals surface area (Å²) >= 11 is 18.5. The highest BCUT2D eigenvalue weighted by atomic mass is 35.5. The molecule has 0 saturated carbocycles. The molecule has 3 aromatic carbocycles. The molecule has 0 bridgehead atoms. The Bertz CT molecular complexity index is 1310. The van der Waals surface area contributed by atoms with E-state index in [1.54, 1.807) is 24.3 Å². The van der Waals surface area contributed by atoms with Gasteiger partial charge in [-0.2, -0.15) is 5.01 Å². The second-order valence-electron chi connectivity index (χ2n) is 7.43. The van der Waals surface area contributed by atoms with Crippen LogP contribution < -0.4 is 10.2 Å². The number of ether oxygens (including phenoxy) is 1. The number of nitrogens with one attached hydrogen (secondary N) is 1. The summed E-state index contributed by atoms with van der Waals surface area (Å²) in [6, 6.07) is 19.8. The van der Waals surface area contributed by atoms with Gasteiger partial charge in [0.05, 0.1) is 15.5 Å². The number of hydrogen-bond acceptors (Lipinski definition) is 5. The van der Waals surface area contributed by atoms with Gasteiger partial charge in [0.2, 0.25) is 0 Å². The van der Waals surface area contributed by atoms with Crippen LogP contribution in [0.15, 0.2) is 71.6 Å². The summed E-state index contributed by atoms with van der Waals surface area (Å²) < 4.78 is 6.08. The number of amides is 2. The van der Waals surface area contributed by atoms with E-state index in [-0.39, 0.29) is 9.88 Å². The average molecular weight is 529 g/mol. The molecule has 1 fully saturated rings. The third-order valence-corrected chi connectivity index (χ3v) is 6.72. The number of carbonyl (C=O) groups excluding carboxylic acids is 2. The van der Waals surface area contributed by atoms with E-state index >= 15 is 0 Å². The standard InChI is InChI=1S/C25H18Cl2N2O3S2/c1-15-5-10-20(21(27)11-15)23(30)28-29-24(31)22(34-25(29)33)13-17-3-2-4-19(12-17)32-14-16-6-8-18(26)9-7-16/h2-13H,14H2,1H3,(H,28,30)/b22-13+. The minimum Gasteiger partial charge on any atom is -0.489 e. The van der Waals surface area contributed by atoms with Crippen molar-refractivity contribution in [1.29, 1.82) is 0 Å². The molecule has 1 aliphatic heterocycles. The van der Waals surface area contributed by atoms with Crippen LogP contribution in [0.4, 0.5) is 0 Å². The van der Waals surface area contributed by atoms with Crippen LogP contribution in [0.1, 0.15) is 27.0 Å². The number of thiocarbonyl (C=S) groups is 1. The summed E-state index contributed by atoms with van der Waals surface area (Å²) in [6.07, 6.45) is 1.71. The van der Waals surface area contributed by atoms with Crippen LogP contribution in [0.2, 0.25) is 10.0 Å². The van der Waals surface area contributed by atoms with Gasteiger partial charge in [0.15, 0.2) is 4.32 Å². The van der Waals surface area contributed by atoms with Gasteiger partial charge in [0, 0.05) is 5.02 Å². The highest BCUT2D eigenvalue weighted by Crippen LogP contribution is 2.32. The number of hydrogen-bond donors (Lipinski definition) is 1. The van der Waals surface area contributed by atoms with E-state index in [4.69, 9.17) is 40.2 Å². The first kappa shape index (κ1) is 24.3. The first-order valence-corrected chi connectivity index (χ1v) is 12.1. The molecule has 34 heavy (non-hydrogen) atoms. The molecule has 4 rings (SSSR count). The Kier molecular flexibility index (Phi) is 7.58. The minimum absolute atomic E-state index is 0.225. The van der Waals surface area contributed by atoms with Crippen molar-refractivity contribution in [3.05, 3.63) is 104 Å². The molecule has 1 aliphatic rings. The molecule has 9 heteroatoms. The van der Waals surface area contributed by atoms with Gasteiger partial charge in [0.1, 0.15) is 12.4 Å². The van der Waals surface area contributed by atoms with Crippen LogP contribution in [0.5, 0.6) is 5.75 Å². The zero-order valence-corrected chi connectivity index (χ0v) is 21.0. The third kappa shape index (κ3) is 5.80. The van der Waals surface area contributed by atoms with E-state index in [1.807, 2.05) is 55.5 Å². The monoisotopic (exact) mass is 528 g/mol. The lowest BCUT2D eigenvalue weighted by Gasteiger charge is -2.16. The number of rotatable bonds is 6. The van der Waals surface area contributed by atoms with Gasteiger partial charge >= 0.3 is 0 Å². The summed E-state index contributed by atoms with van der Waals surface area (Å²) in [4.78, 5) is 25.9. The predicted molar refractivity (Wildman–Crippen MR) is 141 cm³/mol. The van der Waals surface area contributed by atoms with Crippen molar-refractivity contribution >= 4 is 69.4 Å². The molecule has 3 aromatic rings. The lowest BCUT2D eigenvalue weighted by Crippen LogP contribution is -2.44. The molecule has 1 saturated heterocycles. The molecule has 0 aromatic heterocycles.